The summed E-state index contributed by atoms with van der Waals surface area (Å²) in [6.07, 6.45) is 3.04. The van der Waals surface area contributed by atoms with Crippen LogP contribution >= 0.6 is 11.6 Å². The van der Waals surface area contributed by atoms with Crippen molar-refractivity contribution in [3.05, 3.63) is 70.6 Å². The molecule has 1 aliphatic rings. The van der Waals surface area contributed by atoms with Gasteiger partial charge in [-0.3, -0.25) is 9.59 Å². The molecule has 0 spiro atoms. The van der Waals surface area contributed by atoms with Gasteiger partial charge in [0.15, 0.2) is 5.82 Å². The average Bonchev–Trinajstić information content (AvgIpc) is 3.50. The van der Waals surface area contributed by atoms with Crippen LogP contribution < -0.4 is 15.5 Å². The highest BCUT2D eigenvalue weighted by Crippen LogP contribution is 2.32. The van der Waals surface area contributed by atoms with Gasteiger partial charge in [0.25, 0.3) is 5.91 Å². The molecule has 0 radical (unpaired) electrons. The van der Waals surface area contributed by atoms with E-state index < -0.39 is 6.04 Å². The van der Waals surface area contributed by atoms with E-state index in [1.54, 1.807) is 31.1 Å². The van der Waals surface area contributed by atoms with Crippen LogP contribution in [-0.2, 0) is 18.4 Å². The molecule has 1 aromatic carbocycles. The van der Waals surface area contributed by atoms with Gasteiger partial charge in [0.05, 0.1) is 34.8 Å². The van der Waals surface area contributed by atoms with Crippen molar-refractivity contribution in [1.29, 1.82) is 0 Å². The molecular formula is C27H29ClN10O2. The summed E-state index contributed by atoms with van der Waals surface area (Å²) in [4.78, 5) is 44.8. The third kappa shape index (κ3) is 5.43. The largest absolute Gasteiger partial charge is 0.363 e. The molecule has 0 aliphatic carbocycles. The second kappa shape index (κ2) is 10.9. The molecule has 2 amide bonds. The third-order valence-electron chi connectivity index (χ3n) is 6.66. The highest BCUT2D eigenvalue weighted by atomic mass is 35.5. The summed E-state index contributed by atoms with van der Waals surface area (Å²) in [6.45, 7) is 3.92. The first kappa shape index (κ1) is 27.0. The highest BCUT2D eigenvalue weighted by Gasteiger charge is 2.34. The van der Waals surface area contributed by atoms with Crippen molar-refractivity contribution < 1.29 is 9.59 Å². The number of aryl methyl sites for hydroxylation is 1. The number of fused-ring (bicyclic) bond motifs is 1. The molecule has 0 bridgehead atoms. The molecule has 0 saturated carbocycles. The van der Waals surface area contributed by atoms with E-state index in [0.29, 0.717) is 40.2 Å². The van der Waals surface area contributed by atoms with Gasteiger partial charge >= 0.3 is 0 Å². The fourth-order valence-electron chi connectivity index (χ4n) is 4.41. The lowest BCUT2D eigenvalue weighted by Crippen LogP contribution is -2.46. The maximum absolute atomic E-state index is 13.4. The number of anilines is 3. The second-order valence-electron chi connectivity index (χ2n) is 9.76. The predicted octanol–water partition coefficient (Wildman–Crippen LogP) is 3.35. The molecule has 40 heavy (non-hydrogen) atoms. The van der Waals surface area contributed by atoms with Crippen molar-refractivity contribution >= 4 is 41.0 Å². The van der Waals surface area contributed by atoms with E-state index in [1.807, 2.05) is 56.3 Å². The van der Waals surface area contributed by atoms with Crippen molar-refractivity contribution in [3.63, 3.8) is 0 Å². The van der Waals surface area contributed by atoms with E-state index in [2.05, 4.69) is 35.8 Å². The lowest BCUT2D eigenvalue weighted by Gasteiger charge is -2.25. The minimum Gasteiger partial charge on any atom is -0.363 e. The van der Waals surface area contributed by atoms with Crippen LogP contribution in [0.5, 0.6) is 0 Å². The number of aromatic nitrogens is 6. The molecule has 206 valence electrons. The maximum Gasteiger partial charge on any atom is 0.255 e. The lowest BCUT2D eigenvalue weighted by atomic mass is 10.0. The molecule has 0 unspecified atom stereocenters. The van der Waals surface area contributed by atoms with Gasteiger partial charge in [-0.15, -0.1) is 5.10 Å². The minimum absolute atomic E-state index is 0.233. The quantitative estimate of drug-likeness (QED) is 0.332. The smallest absolute Gasteiger partial charge is 0.255 e. The van der Waals surface area contributed by atoms with E-state index in [-0.39, 0.29) is 17.9 Å². The number of carbonyl (C=O) groups excluding carboxylic acids is 2. The first-order valence-corrected chi connectivity index (χ1v) is 13.0. The zero-order valence-electron chi connectivity index (χ0n) is 22.8. The minimum atomic E-state index is -0.687. The molecule has 13 heteroatoms. The first-order valence-electron chi connectivity index (χ1n) is 12.7. The number of rotatable bonds is 8. The summed E-state index contributed by atoms with van der Waals surface area (Å²) < 4.78 is 0. The summed E-state index contributed by atoms with van der Waals surface area (Å²) >= 11 is 6.43. The number of nitrogens with one attached hydrogen (secondary N) is 2. The van der Waals surface area contributed by atoms with Crippen molar-refractivity contribution in [1.82, 2.24) is 40.2 Å². The van der Waals surface area contributed by atoms with Gasteiger partial charge in [-0.2, -0.15) is 9.90 Å². The molecule has 4 aromatic rings. The standard InChI is InChI=1S/C27H29ClN10O2/c1-15(21-7-6-8-23(32-21)36(3)4)31-25(39)16(2)38-14-18-10-9-17(11-19(18)26(38)40)24-20(28)12-29-27(34-24)33-22-13-30-37(5)35-22/h6-13,15-16H,14H2,1-5H3,(H,31,39)(H,29,33,34,35)/t15-,16-/m1/s1. The van der Waals surface area contributed by atoms with Crippen LogP contribution in [0.15, 0.2) is 48.8 Å². The Hall–Kier alpha value is -4.58. The van der Waals surface area contributed by atoms with Gasteiger partial charge in [-0.25, -0.2) is 15.0 Å². The second-order valence-corrected chi connectivity index (χ2v) is 10.2. The Balaban J connectivity index is 1.31. The highest BCUT2D eigenvalue weighted by molar-refractivity contribution is 6.33. The summed E-state index contributed by atoms with van der Waals surface area (Å²) in [7, 11) is 5.53. The monoisotopic (exact) mass is 560 g/mol. The van der Waals surface area contributed by atoms with Crippen LogP contribution in [0.1, 0.15) is 41.5 Å². The molecular weight excluding hydrogens is 532 g/mol. The van der Waals surface area contributed by atoms with Crippen LogP contribution in [0, 0.1) is 0 Å². The Kier molecular flexibility index (Phi) is 7.35. The van der Waals surface area contributed by atoms with Crippen LogP contribution in [0.25, 0.3) is 11.3 Å². The molecule has 4 heterocycles. The third-order valence-corrected chi connectivity index (χ3v) is 6.94. The van der Waals surface area contributed by atoms with Crippen LogP contribution in [0.3, 0.4) is 0 Å². The van der Waals surface area contributed by atoms with Gasteiger partial charge in [-0.1, -0.05) is 29.8 Å². The molecule has 2 N–H and O–H groups in total. The fraction of sp³-hybridized carbons (Fsp3) is 0.296. The van der Waals surface area contributed by atoms with E-state index >= 15 is 0 Å². The number of amides is 2. The van der Waals surface area contributed by atoms with Crippen molar-refractivity contribution in [3.8, 4) is 11.3 Å². The van der Waals surface area contributed by atoms with E-state index in [0.717, 1.165) is 17.1 Å². The van der Waals surface area contributed by atoms with Crippen LogP contribution in [0.4, 0.5) is 17.6 Å². The molecule has 1 aliphatic heterocycles. The Morgan fingerprint density at radius 2 is 1.93 bits per heavy atom. The summed E-state index contributed by atoms with van der Waals surface area (Å²) in [5.74, 6) is 1.08. The Morgan fingerprint density at radius 1 is 1.12 bits per heavy atom. The zero-order valence-corrected chi connectivity index (χ0v) is 23.5. The molecule has 12 nitrogen and oxygen atoms in total. The number of hydrogen-bond acceptors (Lipinski definition) is 9. The number of nitrogens with zero attached hydrogens (tertiary/aromatic N) is 8. The molecule has 2 atom stereocenters. The van der Waals surface area contributed by atoms with Crippen molar-refractivity contribution in [2.75, 3.05) is 24.3 Å². The number of carbonyl (C=O) groups is 2. The van der Waals surface area contributed by atoms with Gasteiger partial charge in [-0.05, 0) is 37.6 Å². The first-order chi connectivity index (χ1) is 19.1. The lowest BCUT2D eigenvalue weighted by molar-refractivity contribution is -0.125. The SMILES string of the molecule is C[C@H](C(=O)N[C@H](C)c1cccc(N(C)C)n1)N1Cc2ccc(-c3nc(Nc4cnn(C)n4)ncc3Cl)cc2C1=O. The topological polar surface area (TPSA) is 134 Å². The summed E-state index contributed by atoms with van der Waals surface area (Å²) in [6, 6.07) is 10.1. The number of pyridine rings is 1. The van der Waals surface area contributed by atoms with E-state index in [1.165, 1.54) is 11.0 Å². The number of halogens is 1. The van der Waals surface area contributed by atoms with Crippen molar-refractivity contribution in [2.24, 2.45) is 7.05 Å². The molecule has 0 fully saturated rings. The van der Waals surface area contributed by atoms with Gasteiger partial charge in [0.2, 0.25) is 11.9 Å². The number of benzene rings is 1. The Labute approximate surface area is 236 Å². The van der Waals surface area contributed by atoms with Crippen LogP contribution in [0.2, 0.25) is 5.02 Å². The van der Waals surface area contributed by atoms with E-state index in [9.17, 15) is 9.59 Å². The fourth-order valence-corrected chi connectivity index (χ4v) is 4.61. The van der Waals surface area contributed by atoms with Gasteiger partial charge in [0.1, 0.15) is 11.9 Å². The average molecular weight is 561 g/mol. The Bertz CT molecular complexity index is 1590. The van der Waals surface area contributed by atoms with Crippen molar-refractivity contribution in [2.45, 2.75) is 32.5 Å². The normalized spacial score (nSPS) is 14.1. The zero-order chi connectivity index (χ0) is 28.6. The van der Waals surface area contributed by atoms with Crippen LogP contribution in [-0.4, -0.2) is 66.8 Å². The van der Waals surface area contributed by atoms with Gasteiger partial charge < -0.3 is 20.4 Å². The Morgan fingerprint density at radius 3 is 2.65 bits per heavy atom. The molecule has 3 aromatic heterocycles. The predicted molar refractivity (Wildman–Crippen MR) is 151 cm³/mol. The number of hydrogen-bond donors (Lipinski definition) is 2. The maximum atomic E-state index is 13.4. The summed E-state index contributed by atoms with van der Waals surface area (Å²) in [5, 5.41) is 14.5. The molecule has 5 rings (SSSR count). The van der Waals surface area contributed by atoms with E-state index in [4.69, 9.17) is 11.6 Å². The molecule has 0 saturated heterocycles. The van der Waals surface area contributed by atoms with Gasteiger partial charge in [0, 0.05) is 38.8 Å². The summed E-state index contributed by atoms with van der Waals surface area (Å²) in [5.41, 5.74) is 3.18.